The van der Waals surface area contributed by atoms with Crippen LogP contribution in [0.15, 0.2) is 46.2 Å². The predicted octanol–water partition coefficient (Wildman–Crippen LogP) is 3.10. The standard InChI is InChI=1S/C24H26N4O5S/c1-14-7-8-17(33-5)16(13-14)9-12-26-21-18(15(2)20(34-21)27-11-6-10-25-27)19(29)28(23(26)32)24(3,4)22(30)31/h6-8,10-11,13H,9,12H2,1-5H3,(H,30,31). The highest BCUT2D eigenvalue weighted by molar-refractivity contribution is 7.21. The number of ether oxygens (including phenoxy) is 1. The summed E-state index contributed by atoms with van der Waals surface area (Å²) >= 11 is 1.28. The van der Waals surface area contributed by atoms with Crippen molar-refractivity contribution >= 4 is 27.5 Å². The van der Waals surface area contributed by atoms with Gasteiger partial charge in [-0.2, -0.15) is 5.10 Å². The van der Waals surface area contributed by atoms with Gasteiger partial charge in [0.2, 0.25) is 0 Å². The average molecular weight is 483 g/mol. The number of fused-ring (bicyclic) bond motifs is 1. The molecule has 0 spiro atoms. The Labute approximate surface area is 199 Å². The van der Waals surface area contributed by atoms with Gasteiger partial charge in [-0.1, -0.05) is 29.0 Å². The number of carboxylic acids is 1. The highest BCUT2D eigenvalue weighted by Gasteiger charge is 2.35. The molecule has 0 unspecified atom stereocenters. The number of methoxy groups -OCH3 is 1. The Hall–Kier alpha value is -3.66. The minimum atomic E-state index is -1.73. The fourth-order valence-corrected chi connectivity index (χ4v) is 5.32. The second kappa shape index (κ2) is 8.60. The van der Waals surface area contributed by atoms with Crippen LogP contribution in [0.1, 0.15) is 30.5 Å². The second-order valence-electron chi connectivity index (χ2n) is 8.67. The summed E-state index contributed by atoms with van der Waals surface area (Å²) in [7, 11) is 1.59. The molecule has 0 amide bonds. The van der Waals surface area contributed by atoms with Crippen LogP contribution in [0.25, 0.3) is 15.2 Å². The van der Waals surface area contributed by atoms with Crippen molar-refractivity contribution in [3.05, 3.63) is 74.2 Å². The molecule has 4 aromatic rings. The largest absolute Gasteiger partial charge is 0.496 e. The number of aliphatic carboxylic acids is 1. The predicted molar refractivity (Wildman–Crippen MR) is 131 cm³/mol. The Kier molecular flexibility index (Phi) is 5.94. The molecule has 9 nitrogen and oxygen atoms in total. The van der Waals surface area contributed by atoms with Crippen LogP contribution in [0, 0.1) is 13.8 Å². The zero-order valence-electron chi connectivity index (χ0n) is 19.7. The summed E-state index contributed by atoms with van der Waals surface area (Å²) in [6.07, 6.45) is 3.85. The molecule has 3 aromatic heterocycles. The van der Waals surface area contributed by atoms with E-state index in [-0.39, 0.29) is 6.54 Å². The van der Waals surface area contributed by atoms with Gasteiger partial charge in [0.25, 0.3) is 5.56 Å². The molecule has 0 fully saturated rings. The maximum absolute atomic E-state index is 13.6. The first kappa shape index (κ1) is 23.5. The zero-order valence-corrected chi connectivity index (χ0v) is 20.5. The fraction of sp³-hybridized carbons (Fsp3) is 0.333. The number of thiophene rings is 1. The number of hydrogen-bond donors (Lipinski definition) is 1. The van der Waals surface area contributed by atoms with E-state index in [4.69, 9.17) is 4.74 Å². The van der Waals surface area contributed by atoms with Gasteiger partial charge in [-0.3, -0.25) is 9.36 Å². The van der Waals surface area contributed by atoms with E-state index in [1.165, 1.54) is 29.8 Å². The van der Waals surface area contributed by atoms with Crippen molar-refractivity contribution in [3.8, 4) is 10.8 Å². The minimum absolute atomic E-state index is 0.240. The molecular weight excluding hydrogens is 456 g/mol. The monoisotopic (exact) mass is 482 g/mol. The molecule has 0 radical (unpaired) electrons. The topological polar surface area (TPSA) is 108 Å². The van der Waals surface area contributed by atoms with E-state index in [9.17, 15) is 19.5 Å². The zero-order chi connectivity index (χ0) is 24.8. The molecule has 1 N–H and O–H groups in total. The van der Waals surface area contributed by atoms with Gasteiger partial charge in [-0.05, 0) is 51.8 Å². The Bertz CT molecular complexity index is 1510. The molecule has 0 aliphatic carbocycles. The van der Waals surface area contributed by atoms with Crippen LogP contribution < -0.4 is 16.0 Å². The van der Waals surface area contributed by atoms with E-state index in [0.29, 0.717) is 33.0 Å². The molecule has 4 rings (SSSR count). The van der Waals surface area contributed by atoms with E-state index in [1.807, 2.05) is 25.1 Å². The molecule has 3 heterocycles. The van der Waals surface area contributed by atoms with Crippen LogP contribution >= 0.6 is 11.3 Å². The van der Waals surface area contributed by atoms with Crippen LogP contribution in [0.4, 0.5) is 0 Å². The van der Waals surface area contributed by atoms with Crippen LogP contribution in [0.5, 0.6) is 5.75 Å². The SMILES string of the molecule is COc1ccc(C)cc1CCn1c(=O)n(C(C)(C)C(=O)O)c(=O)c2c(C)c(-n3cccn3)sc21. The number of aryl methyl sites for hydroxylation is 4. The average Bonchev–Trinajstić information content (AvgIpc) is 3.41. The summed E-state index contributed by atoms with van der Waals surface area (Å²) in [5, 5.41) is 15.1. The highest BCUT2D eigenvalue weighted by atomic mass is 32.1. The molecule has 0 saturated heterocycles. The van der Waals surface area contributed by atoms with E-state index < -0.39 is 22.8 Å². The summed E-state index contributed by atoms with van der Waals surface area (Å²) in [6.45, 7) is 6.71. The normalized spacial score (nSPS) is 11.8. The number of aromatic nitrogens is 4. The van der Waals surface area contributed by atoms with Crippen molar-refractivity contribution in [3.63, 3.8) is 0 Å². The molecule has 1 aromatic carbocycles. The van der Waals surface area contributed by atoms with Crippen LogP contribution in [0.2, 0.25) is 0 Å². The lowest BCUT2D eigenvalue weighted by molar-refractivity contribution is -0.146. The molecule has 0 atom stereocenters. The molecular formula is C24H26N4O5S. The van der Waals surface area contributed by atoms with Crippen molar-refractivity contribution < 1.29 is 14.6 Å². The van der Waals surface area contributed by atoms with Crippen molar-refractivity contribution in [2.45, 2.75) is 46.2 Å². The second-order valence-corrected chi connectivity index (χ2v) is 9.64. The van der Waals surface area contributed by atoms with Gasteiger partial charge in [0.15, 0.2) is 0 Å². The molecule has 0 bridgehead atoms. The fourth-order valence-electron chi connectivity index (χ4n) is 4.06. The van der Waals surface area contributed by atoms with Gasteiger partial charge in [0, 0.05) is 24.5 Å². The quantitative estimate of drug-likeness (QED) is 0.434. The third-order valence-electron chi connectivity index (χ3n) is 6.02. The number of nitrogens with zero attached hydrogens (tertiary/aromatic N) is 4. The summed E-state index contributed by atoms with van der Waals surface area (Å²) in [5.41, 5.74) is -0.401. The lowest BCUT2D eigenvalue weighted by atomic mass is 10.1. The summed E-state index contributed by atoms with van der Waals surface area (Å²) in [6, 6.07) is 7.59. The Balaban J connectivity index is 1.99. The van der Waals surface area contributed by atoms with Crippen molar-refractivity contribution in [2.75, 3.05) is 7.11 Å². The molecule has 34 heavy (non-hydrogen) atoms. The van der Waals surface area contributed by atoms with E-state index >= 15 is 0 Å². The number of hydrogen-bond acceptors (Lipinski definition) is 6. The van der Waals surface area contributed by atoms with E-state index in [0.717, 1.165) is 15.7 Å². The molecule has 0 aliphatic heterocycles. The van der Waals surface area contributed by atoms with Crippen LogP contribution in [-0.4, -0.2) is 37.1 Å². The van der Waals surface area contributed by atoms with E-state index in [1.54, 1.807) is 37.2 Å². The minimum Gasteiger partial charge on any atom is -0.496 e. The first-order chi connectivity index (χ1) is 16.1. The summed E-state index contributed by atoms with van der Waals surface area (Å²) < 4.78 is 9.46. The molecule has 0 saturated carbocycles. The molecule has 0 aliphatic rings. The van der Waals surface area contributed by atoms with Crippen molar-refractivity contribution in [1.82, 2.24) is 18.9 Å². The first-order valence-electron chi connectivity index (χ1n) is 10.7. The lowest BCUT2D eigenvalue weighted by Gasteiger charge is -2.23. The van der Waals surface area contributed by atoms with Gasteiger partial charge in [-0.25, -0.2) is 18.8 Å². The molecule has 10 heteroatoms. The Morgan fingerprint density at radius 3 is 2.59 bits per heavy atom. The van der Waals surface area contributed by atoms with Gasteiger partial charge < -0.3 is 9.84 Å². The maximum atomic E-state index is 13.6. The summed E-state index contributed by atoms with van der Waals surface area (Å²) in [5.74, 6) is -0.563. The van der Waals surface area contributed by atoms with Gasteiger partial charge >= 0.3 is 11.7 Å². The van der Waals surface area contributed by atoms with Crippen LogP contribution in [-0.2, 0) is 23.3 Å². The Morgan fingerprint density at radius 2 is 1.97 bits per heavy atom. The lowest BCUT2D eigenvalue weighted by Crippen LogP contribution is -2.52. The van der Waals surface area contributed by atoms with E-state index in [2.05, 4.69) is 5.10 Å². The first-order valence-corrected chi connectivity index (χ1v) is 11.6. The maximum Gasteiger partial charge on any atom is 0.333 e. The van der Waals surface area contributed by atoms with Crippen LogP contribution in [0.3, 0.4) is 0 Å². The van der Waals surface area contributed by atoms with Gasteiger partial charge in [0.05, 0.1) is 12.5 Å². The van der Waals surface area contributed by atoms with Gasteiger partial charge in [0.1, 0.15) is 21.1 Å². The number of rotatable bonds is 7. The number of carboxylic acid groups (broad SMARTS) is 1. The molecule has 178 valence electrons. The van der Waals surface area contributed by atoms with Gasteiger partial charge in [-0.15, -0.1) is 0 Å². The highest BCUT2D eigenvalue weighted by Crippen LogP contribution is 2.31. The summed E-state index contributed by atoms with van der Waals surface area (Å²) in [4.78, 5) is 39.6. The number of benzene rings is 1. The van der Waals surface area contributed by atoms with Crippen molar-refractivity contribution in [2.24, 2.45) is 0 Å². The Morgan fingerprint density at radius 1 is 1.24 bits per heavy atom. The number of carbonyl (C=O) groups is 1. The van der Waals surface area contributed by atoms with Crippen molar-refractivity contribution in [1.29, 1.82) is 0 Å². The smallest absolute Gasteiger partial charge is 0.333 e. The third-order valence-corrected chi connectivity index (χ3v) is 7.33. The third kappa shape index (κ3) is 3.73.